The molecule has 39 heavy (non-hydrogen) atoms. The molecule has 0 bridgehead atoms. The zero-order valence-corrected chi connectivity index (χ0v) is 22.1. The monoisotopic (exact) mass is 543 g/mol. The van der Waals surface area contributed by atoms with Crippen LogP contribution in [0.1, 0.15) is 24.3 Å². The van der Waals surface area contributed by atoms with E-state index in [2.05, 4.69) is 33.0 Å². The van der Waals surface area contributed by atoms with Gasteiger partial charge in [-0.1, -0.05) is 47.6 Å². The highest BCUT2D eigenvalue weighted by molar-refractivity contribution is 7.17. The molecule has 0 unspecified atom stereocenters. The minimum Gasteiger partial charge on any atom is -0.493 e. The van der Waals surface area contributed by atoms with Crippen molar-refractivity contribution < 1.29 is 18.8 Å². The van der Waals surface area contributed by atoms with E-state index in [1.165, 1.54) is 4.70 Å². The van der Waals surface area contributed by atoms with Gasteiger partial charge in [0.25, 0.3) is 0 Å². The summed E-state index contributed by atoms with van der Waals surface area (Å²) in [6.45, 7) is 0.937. The standard InChI is InChI=1S/C29H29N5O4S/c30-23(14-20-17-39-25-10-4-3-9-21(20)25)29(36)32-11-5-6-12-37-24-15-19-8-2-1-7-18(19)13-22(24)28-33-27(38-34-28)16-26(31)35/h1-4,7-10,13,15,17,23H,5-6,11-12,14,16,30H2,(H2,31,35)(H,32,36)/t23-/m0/s1. The molecule has 3 aromatic carbocycles. The third-order valence-corrected chi connectivity index (χ3v) is 7.36. The van der Waals surface area contributed by atoms with Gasteiger partial charge in [0.15, 0.2) is 0 Å². The molecule has 0 aliphatic rings. The number of thiophene rings is 1. The number of primary amides is 1. The summed E-state index contributed by atoms with van der Waals surface area (Å²) < 4.78 is 12.5. The Hall–Kier alpha value is -4.28. The number of nitrogens with zero attached hydrogens (tertiary/aromatic N) is 2. The number of hydrogen-bond acceptors (Lipinski definition) is 8. The van der Waals surface area contributed by atoms with E-state index in [1.807, 2.05) is 48.5 Å². The first-order valence-electron chi connectivity index (χ1n) is 12.7. The molecule has 0 aliphatic heterocycles. The molecule has 9 nitrogen and oxygen atoms in total. The normalized spacial score (nSPS) is 12.0. The highest BCUT2D eigenvalue weighted by Gasteiger charge is 2.17. The zero-order chi connectivity index (χ0) is 27.2. The predicted octanol–water partition coefficient (Wildman–Crippen LogP) is 3.98. The molecule has 2 heterocycles. The van der Waals surface area contributed by atoms with Gasteiger partial charge in [0.1, 0.15) is 12.2 Å². The SMILES string of the molecule is NC(=O)Cc1nc(-c2cc3ccccc3cc2OCCCCNC(=O)[C@@H](N)Cc2csc3ccccc23)no1. The molecule has 0 spiro atoms. The van der Waals surface area contributed by atoms with Crippen molar-refractivity contribution in [3.63, 3.8) is 0 Å². The second-order valence-corrected chi connectivity index (χ2v) is 10.2. The van der Waals surface area contributed by atoms with Crippen LogP contribution < -0.4 is 21.5 Å². The van der Waals surface area contributed by atoms with Gasteiger partial charge in [0.2, 0.25) is 23.5 Å². The molecule has 1 atom stereocenters. The summed E-state index contributed by atoms with van der Waals surface area (Å²) in [7, 11) is 0. The summed E-state index contributed by atoms with van der Waals surface area (Å²) >= 11 is 1.66. The number of ether oxygens (including phenoxy) is 1. The van der Waals surface area contributed by atoms with E-state index in [9.17, 15) is 9.59 Å². The van der Waals surface area contributed by atoms with E-state index in [4.69, 9.17) is 20.7 Å². The number of rotatable bonds is 12. The van der Waals surface area contributed by atoms with Gasteiger partial charge in [-0.25, -0.2) is 0 Å². The van der Waals surface area contributed by atoms with Gasteiger partial charge in [-0.15, -0.1) is 11.3 Å². The van der Waals surface area contributed by atoms with Gasteiger partial charge >= 0.3 is 0 Å². The van der Waals surface area contributed by atoms with Crippen molar-refractivity contribution in [3.8, 4) is 17.1 Å². The van der Waals surface area contributed by atoms with Crippen LogP contribution in [-0.4, -0.2) is 41.1 Å². The Kier molecular flexibility index (Phi) is 8.14. The number of hydrogen-bond donors (Lipinski definition) is 3. The van der Waals surface area contributed by atoms with Gasteiger partial charge in [0.05, 0.1) is 18.2 Å². The van der Waals surface area contributed by atoms with Crippen LogP contribution in [0.25, 0.3) is 32.2 Å². The largest absolute Gasteiger partial charge is 0.493 e. The van der Waals surface area contributed by atoms with Crippen molar-refractivity contribution in [2.75, 3.05) is 13.2 Å². The van der Waals surface area contributed by atoms with Crippen molar-refractivity contribution >= 4 is 44.0 Å². The molecule has 5 aromatic rings. The lowest BCUT2D eigenvalue weighted by atomic mass is 10.1. The van der Waals surface area contributed by atoms with E-state index >= 15 is 0 Å². The average molecular weight is 544 g/mol. The lowest BCUT2D eigenvalue weighted by molar-refractivity contribution is -0.122. The topological polar surface area (TPSA) is 146 Å². The molecular formula is C29H29N5O4S. The van der Waals surface area contributed by atoms with Gasteiger partial charge < -0.3 is 26.0 Å². The number of unbranched alkanes of at least 4 members (excludes halogenated alkanes) is 1. The third-order valence-electron chi connectivity index (χ3n) is 6.35. The summed E-state index contributed by atoms with van der Waals surface area (Å²) in [6.07, 6.45) is 1.82. The van der Waals surface area contributed by atoms with E-state index in [0.717, 1.165) is 34.6 Å². The zero-order valence-electron chi connectivity index (χ0n) is 21.3. The number of nitrogens with two attached hydrogens (primary N) is 2. The predicted molar refractivity (Wildman–Crippen MR) is 151 cm³/mol. The van der Waals surface area contributed by atoms with Crippen LogP contribution in [0, 0.1) is 0 Å². The van der Waals surface area contributed by atoms with E-state index < -0.39 is 11.9 Å². The molecule has 2 amide bonds. The lowest BCUT2D eigenvalue weighted by Gasteiger charge is -2.13. The van der Waals surface area contributed by atoms with E-state index in [0.29, 0.717) is 36.7 Å². The Morgan fingerprint density at radius 2 is 1.82 bits per heavy atom. The Bertz CT molecular complexity index is 1610. The Balaban J connectivity index is 1.14. The minimum absolute atomic E-state index is 0.129. The van der Waals surface area contributed by atoms with E-state index in [1.54, 1.807) is 11.3 Å². The summed E-state index contributed by atoms with van der Waals surface area (Å²) in [6, 6.07) is 19.3. The van der Waals surface area contributed by atoms with Crippen LogP contribution in [-0.2, 0) is 22.4 Å². The Labute approximate surface area is 229 Å². The van der Waals surface area contributed by atoms with Gasteiger partial charge in [-0.3, -0.25) is 9.59 Å². The van der Waals surface area contributed by atoms with Crippen LogP contribution in [0.3, 0.4) is 0 Å². The second-order valence-electron chi connectivity index (χ2n) is 9.26. The molecule has 5 rings (SSSR count). The maximum absolute atomic E-state index is 12.5. The average Bonchev–Trinajstić information content (AvgIpc) is 3.56. The molecule has 0 radical (unpaired) electrons. The van der Waals surface area contributed by atoms with Gasteiger partial charge in [-0.2, -0.15) is 4.98 Å². The second kappa shape index (κ2) is 12.1. The number of nitrogens with one attached hydrogen (secondary N) is 1. The fourth-order valence-corrected chi connectivity index (χ4v) is 5.35. The fraction of sp³-hybridized carbons (Fsp3) is 0.241. The van der Waals surface area contributed by atoms with Crippen LogP contribution in [0.2, 0.25) is 0 Å². The lowest BCUT2D eigenvalue weighted by Crippen LogP contribution is -2.42. The smallest absolute Gasteiger partial charge is 0.237 e. The molecule has 0 saturated heterocycles. The summed E-state index contributed by atoms with van der Waals surface area (Å²) in [4.78, 5) is 28.1. The van der Waals surface area contributed by atoms with Crippen LogP contribution in [0.15, 0.2) is 70.6 Å². The molecule has 0 fully saturated rings. The summed E-state index contributed by atoms with van der Waals surface area (Å²) in [5.74, 6) is 0.374. The van der Waals surface area contributed by atoms with Gasteiger partial charge in [0, 0.05) is 11.2 Å². The minimum atomic E-state index is -0.603. The summed E-state index contributed by atoms with van der Waals surface area (Å²) in [5, 5.41) is 12.2. The Morgan fingerprint density at radius 3 is 2.64 bits per heavy atom. The highest BCUT2D eigenvalue weighted by Crippen LogP contribution is 2.33. The van der Waals surface area contributed by atoms with Gasteiger partial charge in [-0.05, 0) is 64.6 Å². The van der Waals surface area contributed by atoms with Crippen LogP contribution >= 0.6 is 11.3 Å². The molecule has 0 aliphatic carbocycles. The first-order chi connectivity index (χ1) is 19.0. The first kappa shape index (κ1) is 26.3. The van der Waals surface area contributed by atoms with Crippen molar-refractivity contribution in [1.82, 2.24) is 15.5 Å². The van der Waals surface area contributed by atoms with Crippen molar-refractivity contribution in [2.24, 2.45) is 11.5 Å². The van der Waals surface area contributed by atoms with Crippen molar-refractivity contribution in [3.05, 3.63) is 77.5 Å². The van der Waals surface area contributed by atoms with Crippen LogP contribution in [0.5, 0.6) is 5.75 Å². The number of aromatic nitrogens is 2. The quantitative estimate of drug-likeness (QED) is 0.202. The van der Waals surface area contributed by atoms with Crippen molar-refractivity contribution in [1.29, 1.82) is 0 Å². The number of benzene rings is 3. The summed E-state index contributed by atoms with van der Waals surface area (Å²) in [5.41, 5.74) is 13.2. The molecular weight excluding hydrogens is 514 g/mol. The van der Waals surface area contributed by atoms with Crippen LogP contribution in [0.4, 0.5) is 0 Å². The third kappa shape index (κ3) is 6.42. The Morgan fingerprint density at radius 1 is 1.05 bits per heavy atom. The maximum Gasteiger partial charge on any atom is 0.237 e. The molecule has 5 N–H and O–H groups in total. The van der Waals surface area contributed by atoms with E-state index in [-0.39, 0.29) is 18.2 Å². The van der Waals surface area contributed by atoms with Crippen molar-refractivity contribution in [2.45, 2.75) is 31.7 Å². The molecule has 2 aromatic heterocycles. The number of fused-ring (bicyclic) bond motifs is 2. The molecule has 0 saturated carbocycles. The maximum atomic E-state index is 12.5. The fourth-order valence-electron chi connectivity index (χ4n) is 4.37. The number of carbonyl (C=O) groups is 2. The molecule has 10 heteroatoms. The number of carbonyl (C=O) groups excluding carboxylic acids is 2. The number of amides is 2. The highest BCUT2D eigenvalue weighted by atomic mass is 32.1. The first-order valence-corrected chi connectivity index (χ1v) is 13.6. The molecule has 200 valence electrons.